The highest BCUT2D eigenvalue weighted by molar-refractivity contribution is 7.89. The van der Waals surface area contributed by atoms with Crippen molar-refractivity contribution in [2.75, 3.05) is 37.7 Å². The third kappa shape index (κ3) is 8.38. The molecule has 0 radical (unpaired) electrons. The van der Waals surface area contributed by atoms with Crippen molar-refractivity contribution >= 4 is 47.2 Å². The van der Waals surface area contributed by atoms with Crippen LogP contribution in [-0.4, -0.2) is 91.1 Å². The average molecular weight is 626 g/mol. The first-order valence-electron chi connectivity index (χ1n) is 13.0. The van der Waals surface area contributed by atoms with Gasteiger partial charge in [-0.25, -0.2) is 26.1 Å². The van der Waals surface area contributed by atoms with E-state index in [9.17, 15) is 35.1 Å². The molecule has 15 heteroatoms. The number of halogens is 3. The van der Waals surface area contributed by atoms with E-state index in [4.69, 9.17) is 4.74 Å². The Hall–Kier alpha value is -1.78. The molecule has 0 amide bonds. The second-order valence-corrected chi connectivity index (χ2v) is 15.9. The summed E-state index contributed by atoms with van der Waals surface area (Å²) in [5.41, 5.74) is 1.82. The molecule has 1 saturated heterocycles. The molecule has 1 aromatic carbocycles. The number of hydrogen-bond donors (Lipinski definition) is 1. The predicted octanol–water partition coefficient (Wildman–Crippen LogP) is 4.00. The van der Waals surface area contributed by atoms with E-state index < -0.39 is 37.6 Å². The van der Waals surface area contributed by atoms with Gasteiger partial charge in [-0.2, -0.15) is 17.5 Å². The van der Waals surface area contributed by atoms with E-state index in [1.165, 1.54) is 15.6 Å². The standard InChI is InChI=1S/C25H34F3N3O6S3/c1-24(2,32)10-3-15-39(33,34)30-11-6-18(7-12-30)19-4-5-21-22(16-19)38-23(29-21)37-20-8-13-31(14-9-20)40(35,36)17-25(26,27)28/h4-6,16,20,32H,3,7-15,17H2,1-2H3. The summed E-state index contributed by atoms with van der Waals surface area (Å²) in [7, 11) is -7.82. The minimum absolute atomic E-state index is 0.00183. The van der Waals surface area contributed by atoms with Gasteiger partial charge < -0.3 is 9.84 Å². The molecule has 1 N–H and O–H groups in total. The summed E-state index contributed by atoms with van der Waals surface area (Å²) in [6.07, 6.45) is -1.33. The lowest BCUT2D eigenvalue weighted by molar-refractivity contribution is -0.107. The lowest BCUT2D eigenvalue weighted by Gasteiger charge is -2.30. The molecule has 40 heavy (non-hydrogen) atoms. The Morgan fingerprint density at radius 3 is 2.38 bits per heavy atom. The number of fused-ring (bicyclic) bond motifs is 1. The largest absolute Gasteiger partial charge is 0.467 e. The van der Waals surface area contributed by atoms with Crippen LogP contribution in [0.5, 0.6) is 5.19 Å². The van der Waals surface area contributed by atoms with Crippen LogP contribution in [0.25, 0.3) is 15.8 Å². The average Bonchev–Trinajstić information content (AvgIpc) is 3.23. The minimum atomic E-state index is -4.78. The van der Waals surface area contributed by atoms with E-state index in [0.717, 1.165) is 25.7 Å². The van der Waals surface area contributed by atoms with Crippen LogP contribution in [-0.2, 0) is 20.0 Å². The fourth-order valence-corrected chi connectivity index (χ4v) is 8.53. The van der Waals surface area contributed by atoms with Crippen LogP contribution >= 0.6 is 11.3 Å². The summed E-state index contributed by atoms with van der Waals surface area (Å²) < 4.78 is 96.3. The lowest BCUT2D eigenvalue weighted by atomic mass is 10.0. The van der Waals surface area contributed by atoms with Gasteiger partial charge in [-0.05, 0) is 69.2 Å². The molecule has 224 valence electrons. The third-order valence-electron chi connectivity index (χ3n) is 6.90. The molecular weight excluding hydrogens is 591 g/mol. The highest BCUT2D eigenvalue weighted by Gasteiger charge is 2.39. The van der Waals surface area contributed by atoms with Gasteiger partial charge in [0.1, 0.15) is 6.10 Å². The third-order valence-corrected chi connectivity index (χ3v) is 11.6. The van der Waals surface area contributed by atoms with Gasteiger partial charge in [0.05, 0.1) is 21.6 Å². The molecule has 2 aromatic rings. The summed E-state index contributed by atoms with van der Waals surface area (Å²) in [6.45, 7) is 3.90. The van der Waals surface area contributed by atoms with Crippen LogP contribution in [0, 0.1) is 0 Å². The first-order valence-corrected chi connectivity index (χ1v) is 17.1. The molecule has 0 atom stereocenters. The molecule has 2 aliphatic heterocycles. The highest BCUT2D eigenvalue weighted by Crippen LogP contribution is 2.34. The maximum Gasteiger partial charge on any atom is 0.404 e. The normalized spacial score (nSPS) is 19.2. The molecular formula is C25H34F3N3O6S3. The van der Waals surface area contributed by atoms with Crippen molar-refractivity contribution in [3.63, 3.8) is 0 Å². The van der Waals surface area contributed by atoms with Crippen LogP contribution in [0.15, 0.2) is 24.3 Å². The maximum absolute atomic E-state index is 12.7. The Kier molecular flexibility index (Phi) is 9.22. The summed E-state index contributed by atoms with van der Waals surface area (Å²) >= 11 is 1.33. The molecule has 3 heterocycles. The zero-order valence-corrected chi connectivity index (χ0v) is 24.8. The Labute approximate surface area is 236 Å². The number of benzene rings is 1. The second-order valence-electron chi connectivity index (χ2n) is 10.8. The van der Waals surface area contributed by atoms with Crippen molar-refractivity contribution in [2.45, 2.75) is 63.8 Å². The van der Waals surface area contributed by atoms with Gasteiger partial charge in [0.15, 0.2) is 5.75 Å². The summed E-state index contributed by atoms with van der Waals surface area (Å²) in [5.74, 6) is -1.86. The van der Waals surface area contributed by atoms with Gasteiger partial charge in [0, 0.05) is 26.2 Å². The Bertz CT molecular complexity index is 1440. The second kappa shape index (κ2) is 11.8. The molecule has 4 rings (SSSR count). The van der Waals surface area contributed by atoms with Crippen molar-refractivity contribution in [1.29, 1.82) is 0 Å². The first kappa shape index (κ1) is 31.2. The minimum Gasteiger partial charge on any atom is -0.467 e. The topological polar surface area (TPSA) is 117 Å². The number of piperidine rings is 1. The first-order chi connectivity index (χ1) is 18.5. The molecule has 0 saturated carbocycles. The van der Waals surface area contributed by atoms with Gasteiger partial charge in [-0.15, -0.1) is 0 Å². The quantitative estimate of drug-likeness (QED) is 0.424. The predicted molar refractivity (Wildman–Crippen MR) is 148 cm³/mol. The lowest BCUT2D eigenvalue weighted by Crippen LogP contribution is -2.44. The Morgan fingerprint density at radius 1 is 1.07 bits per heavy atom. The number of thiazole rings is 1. The molecule has 9 nitrogen and oxygen atoms in total. The van der Waals surface area contributed by atoms with Crippen LogP contribution in [0.1, 0.15) is 51.5 Å². The van der Waals surface area contributed by atoms with Gasteiger partial charge >= 0.3 is 6.18 Å². The summed E-state index contributed by atoms with van der Waals surface area (Å²) in [6, 6.07) is 5.77. The van der Waals surface area contributed by atoms with Gasteiger partial charge in [-0.3, -0.25) is 0 Å². The van der Waals surface area contributed by atoms with Crippen molar-refractivity contribution < 1.29 is 39.9 Å². The number of nitrogens with zero attached hydrogens (tertiary/aromatic N) is 3. The fraction of sp³-hybridized carbons (Fsp3) is 0.640. The molecule has 1 aromatic heterocycles. The van der Waals surface area contributed by atoms with Crippen LogP contribution in [0.2, 0.25) is 0 Å². The molecule has 0 spiro atoms. The Morgan fingerprint density at radius 2 is 1.77 bits per heavy atom. The number of aliphatic hydroxyl groups is 1. The SMILES string of the molecule is CC(C)(O)CCCS(=O)(=O)N1CC=C(c2ccc3nc(OC4CCN(S(=O)(=O)CC(F)(F)F)CC4)sc3c2)CC1. The molecule has 2 aliphatic rings. The van der Waals surface area contributed by atoms with Gasteiger partial charge in [0.2, 0.25) is 20.0 Å². The van der Waals surface area contributed by atoms with E-state index in [1.807, 2.05) is 24.3 Å². The number of ether oxygens (including phenoxy) is 1. The van der Waals surface area contributed by atoms with E-state index in [-0.39, 0.29) is 44.3 Å². The molecule has 0 bridgehead atoms. The molecule has 1 fully saturated rings. The van der Waals surface area contributed by atoms with E-state index in [2.05, 4.69) is 4.98 Å². The van der Waals surface area contributed by atoms with Crippen LogP contribution in [0.3, 0.4) is 0 Å². The number of rotatable bonds is 10. The molecule has 0 unspecified atom stereocenters. The number of aromatic nitrogens is 1. The van der Waals surface area contributed by atoms with Crippen molar-refractivity contribution in [2.24, 2.45) is 0 Å². The number of alkyl halides is 3. The maximum atomic E-state index is 12.7. The molecule has 0 aliphatic carbocycles. The van der Waals surface area contributed by atoms with E-state index >= 15 is 0 Å². The Balaban J connectivity index is 1.34. The van der Waals surface area contributed by atoms with Crippen molar-refractivity contribution in [1.82, 2.24) is 13.6 Å². The summed E-state index contributed by atoms with van der Waals surface area (Å²) in [4.78, 5) is 4.49. The van der Waals surface area contributed by atoms with Crippen LogP contribution in [0.4, 0.5) is 13.2 Å². The fourth-order valence-electron chi connectivity index (χ4n) is 4.80. The monoisotopic (exact) mass is 625 g/mol. The van der Waals surface area contributed by atoms with Crippen molar-refractivity contribution in [3.05, 3.63) is 29.8 Å². The highest BCUT2D eigenvalue weighted by atomic mass is 32.2. The van der Waals surface area contributed by atoms with Crippen molar-refractivity contribution in [3.8, 4) is 5.19 Å². The zero-order valence-electron chi connectivity index (χ0n) is 22.4. The number of hydrogen-bond acceptors (Lipinski definition) is 8. The van der Waals surface area contributed by atoms with Crippen LogP contribution < -0.4 is 4.74 Å². The smallest absolute Gasteiger partial charge is 0.404 e. The van der Waals surface area contributed by atoms with E-state index in [0.29, 0.717) is 31.0 Å². The number of sulfonamides is 2. The van der Waals surface area contributed by atoms with Gasteiger partial charge in [0.25, 0.3) is 5.19 Å². The zero-order chi connectivity index (χ0) is 29.3. The summed E-state index contributed by atoms with van der Waals surface area (Å²) in [5, 5.41) is 10.2. The van der Waals surface area contributed by atoms with Gasteiger partial charge in [-0.1, -0.05) is 23.5 Å². The van der Waals surface area contributed by atoms with E-state index in [1.54, 1.807) is 13.8 Å².